The third-order valence-electron chi connectivity index (χ3n) is 3.45. The standard InChI is InChI=1S/C17H14F2O2/c1-10-2-5-16-12(6-10)8-17(21-16)15(20)7-11-3-4-13(18)9-14(11)19/h2-6,8-9,15,20H,7H2,1H3. The first-order valence-electron chi connectivity index (χ1n) is 6.65. The normalized spacial score (nSPS) is 12.8. The highest BCUT2D eigenvalue weighted by molar-refractivity contribution is 5.78. The molecule has 1 aromatic heterocycles. The minimum Gasteiger partial charge on any atom is -0.458 e. The molecule has 0 aliphatic rings. The zero-order valence-corrected chi connectivity index (χ0v) is 11.4. The van der Waals surface area contributed by atoms with Gasteiger partial charge in [0, 0.05) is 17.9 Å². The number of hydrogen-bond acceptors (Lipinski definition) is 2. The van der Waals surface area contributed by atoms with E-state index in [1.165, 1.54) is 12.1 Å². The summed E-state index contributed by atoms with van der Waals surface area (Å²) in [7, 11) is 0. The van der Waals surface area contributed by atoms with E-state index < -0.39 is 17.7 Å². The summed E-state index contributed by atoms with van der Waals surface area (Å²) in [5.74, 6) is -0.926. The minimum absolute atomic E-state index is 0.0327. The summed E-state index contributed by atoms with van der Waals surface area (Å²) >= 11 is 0. The Labute approximate surface area is 120 Å². The maximum atomic E-state index is 13.6. The van der Waals surface area contributed by atoms with Crippen LogP contribution in [0.3, 0.4) is 0 Å². The van der Waals surface area contributed by atoms with E-state index in [0.717, 1.165) is 17.0 Å². The van der Waals surface area contributed by atoms with E-state index in [1.807, 2.05) is 25.1 Å². The van der Waals surface area contributed by atoms with Gasteiger partial charge in [0.1, 0.15) is 29.1 Å². The molecule has 3 aromatic rings. The van der Waals surface area contributed by atoms with Gasteiger partial charge in [-0.1, -0.05) is 17.7 Å². The Morgan fingerprint density at radius 3 is 2.67 bits per heavy atom. The number of aliphatic hydroxyl groups is 1. The predicted molar refractivity (Wildman–Crippen MR) is 76.0 cm³/mol. The number of halogens is 2. The van der Waals surface area contributed by atoms with Gasteiger partial charge in [-0.25, -0.2) is 8.78 Å². The molecule has 2 nitrogen and oxygen atoms in total. The van der Waals surface area contributed by atoms with Gasteiger partial charge in [0.2, 0.25) is 0 Å². The number of fused-ring (bicyclic) bond motifs is 1. The molecule has 0 aliphatic carbocycles. The Kier molecular flexibility index (Phi) is 3.47. The second-order valence-corrected chi connectivity index (χ2v) is 5.15. The van der Waals surface area contributed by atoms with E-state index in [4.69, 9.17) is 4.42 Å². The van der Waals surface area contributed by atoms with Crippen molar-refractivity contribution in [2.24, 2.45) is 0 Å². The van der Waals surface area contributed by atoms with Crippen LogP contribution in [0.4, 0.5) is 8.78 Å². The maximum Gasteiger partial charge on any atom is 0.134 e. The van der Waals surface area contributed by atoms with Crippen LogP contribution in [0.2, 0.25) is 0 Å². The minimum atomic E-state index is -0.974. The van der Waals surface area contributed by atoms with Gasteiger partial charge in [-0.2, -0.15) is 0 Å². The third-order valence-corrected chi connectivity index (χ3v) is 3.45. The average Bonchev–Trinajstić information content (AvgIpc) is 2.85. The van der Waals surface area contributed by atoms with Gasteiger partial charge in [-0.05, 0) is 36.8 Å². The van der Waals surface area contributed by atoms with E-state index in [0.29, 0.717) is 11.3 Å². The molecule has 1 atom stereocenters. The Morgan fingerprint density at radius 1 is 1.10 bits per heavy atom. The van der Waals surface area contributed by atoms with Crippen molar-refractivity contribution in [3.05, 3.63) is 71.0 Å². The van der Waals surface area contributed by atoms with Gasteiger partial charge in [-0.15, -0.1) is 0 Å². The molecule has 108 valence electrons. The molecule has 0 bridgehead atoms. The van der Waals surface area contributed by atoms with Crippen molar-refractivity contribution in [3.8, 4) is 0 Å². The molecule has 0 radical (unpaired) electrons. The first-order chi connectivity index (χ1) is 10.0. The monoisotopic (exact) mass is 288 g/mol. The molecular formula is C17H14F2O2. The van der Waals surface area contributed by atoms with Crippen LogP contribution in [-0.4, -0.2) is 5.11 Å². The van der Waals surface area contributed by atoms with Crippen molar-refractivity contribution in [1.29, 1.82) is 0 Å². The molecule has 0 aliphatic heterocycles. The lowest BCUT2D eigenvalue weighted by atomic mass is 10.1. The summed E-state index contributed by atoms with van der Waals surface area (Å²) in [6, 6.07) is 10.8. The summed E-state index contributed by atoms with van der Waals surface area (Å²) in [6.45, 7) is 1.97. The molecule has 21 heavy (non-hydrogen) atoms. The van der Waals surface area contributed by atoms with Gasteiger partial charge in [0.15, 0.2) is 0 Å². The Hall–Kier alpha value is -2.20. The Morgan fingerprint density at radius 2 is 1.90 bits per heavy atom. The summed E-state index contributed by atoms with van der Waals surface area (Å²) in [4.78, 5) is 0. The number of rotatable bonds is 3. The number of furan rings is 1. The summed E-state index contributed by atoms with van der Waals surface area (Å²) in [5, 5.41) is 11.1. The fraction of sp³-hybridized carbons (Fsp3) is 0.176. The van der Waals surface area contributed by atoms with Crippen LogP contribution in [0.25, 0.3) is 11.0 Å². The van der Waals surface area contributed by atoms with Gasteiger partial charge in [0.25, 0.3) is 0 Å². The van der Waals surface area contributed by atoms with E-state index >= 15 is 0 Å². The Bertz CT molecular complexity index is 793. The molecule has 3 rings (SSSR count). The maximum absolute atomic E-state index is 13.6. The van der Waals surface area contributed by atoms with Crippen molar-refractivity contribution in [2.75, 3.05) is 0 Å². The van der Waals surface area contributed by atoms with Gasteiger partial charge in [0.05, 0.1) is 0 Å². The van der Waals surface area contributed by atoms with Crippen molar-refractivity contribution in [3.63, 3.8) is 0 Å². The number of aryl methyl sites for hydroxylation is 1. The largest absolute Gasteiger partial charge is 0.458 e. The fourth-order valence-electron chi connectivity index (χ4n) is 2.34. The third kappa shape index (κ3) is 2.81. The highest BCUT2D eigenvalue weighted by atomic mass is 19.1. The first kappa shape index (κ1) is 13.8. The molecule has 0 fully saturated rings. The highest BCUT2D eigenvalue weighted by Gasteiger charge is 2.16. The topological polar surface area (TPSA) is 33.4 Å². The van der Waals surface area contributed by atoms with Crippen LogP contribution in [0.15, 0.2) is 46.9 Å². The quantitative estimate of drug-likeness (QED) is 0.779. The number of hydrogen-bond donors (Lipinski definition) is 1. The van der Waals surface area contributed by atoms with Crippen molar-refractivity contribution in [2.45, 2.75) is 19.4 Å². The lowest BCUT2D eigenvalue weighted by Gasteiger charge is -2.08. The molecule has 0 spiro atoms. The summed E-state index contributed by atoms with van der Waals surface area (Å²) in [5.41, 5.74) is 2.02. The second kappa shape index (κ2) is 5.30. The molecule has 1 unspecified atom stereocenters. The molecule has 0 amide bonds. The average molecular weight is 288 g/mol. The lowest BCUT2D eigenvalue weighted by Crippen LogP contribution is -2.02. The molecule has 1 heterocycles. The molecule has 0 saturated heterocycles. The Balaban J connectivity index is 1.87. The molecular weight excluding hydrogens is 274 g/mol. The summed E-state index contributed by atoms with van der Waals surface area (Å²) < 4.78 is 32.0. The molecule has 4 heteroatoms. The van der Waals surface area contributed by atoms with E-state index in [9.17, 15) is 13.9 Å². The number of aliphatic hydroxyl groups excluding tert-OH is 1. The van der Waals surface area contributed by atoms with Crippen LogP contribution in [-0.2, 0) is 6.42 Å². The molecule has 0 saturated carbocycles. The van der Waals surface area contributed by atoms with Crippen LogP contribution in [0.1, 0.15) is 23.0 Å². The lowest BCUT2D eigenvalue weighted by molar-refractivity contribution is 0.151. The zero-order valence-electron chi connectivity index (χ0n) is 11.4. The molecule has 1 N–H and O–H groups in total. The van der Waals surface area contributed by atoms with E-state index in [1.54, 1.807) is 6.07 Å². The predicted octanol–water partition coefficient (Wildman–Crippen LogP) is 4.30. The second-order valence-electron chi connectivity index (χ2n) is 5.15. The first-order valence-corrected chi connectivity index (χ1v) is 6.65. The van der Waals surface area contributed by atoms with Crippen LogP contribution in [0, 0.1) is 18.6 Å². The van der Waals surface area contributed by atoms with E-state index in [2.05, 4.69) is 0 Å². The van der Waals surface area contributed by atoms with Crippen LogP contribution in [0.5, 0.6) is 0 Å². The zero-order chi connectivity index (χ0) is 15.0. The van der Waals surface area contributed by atoms with E-state index in [-0.39, 0.29) is 12.0 Å². The van der Waals surface area contributed by atoms with Crippen molar-refractivity contribution < 1.29 is 18.3 Å². The van der Waals surface area contributed by atoms with Crippen molar-refractivity contribution in [1.82, 2.24) is 0 Å². The van der Waals surface area contributed by atoms with Crippen LogP contribution < -0.4 is 0 Å². The number of benzene rings is 2. The van der Waals surface area contributed by atoms with Crippen molar-refractivity contribution >= 4 is 11.0 Å². The fourth-order valence-corrected chi connectivity index (χ4v) is 2.34. The summed E-state index contributed by atoms with van der Waals surface area (Å²) in [6.07, 6.45) is -0.942. The van der Waals surface area contributed by atoms with Gasteiger partial charge in [-0.3, -0.25) is 0 Å². The smallest absolute Gasteiger partial charge is 0.134 e. The molecule has 2 aromatic carbocycles. The highest BCUT2D eigenvalue weighted by Crippen LogP contribution is 2.27. The van der Waals surface area contributed by atoms with Crippen LogP contribution >= 0.6 is 0 Å². The van der Waals surface area contributed by atoms with Gasteiger partial charge >= 0.3 is 0 Å². The van der Waals surface area contributed by atoms with Gasteiger partial charge < -0.3 is 9.52 Å². The SMILES string of the molecule is Cc1ccc2oc(C(O)Cc3ccc(F)cc3F)cc2c1.